The van der Waals surface area contributed by atoms with Crippen LogP contribution in [0.15, 0.2) is 22.7 Å². The van der Waals surface area contributed by atoms with Crippen LogP contribution >= 0.6 is 0 Å². The van der Waals surface area contributed by atoms with Gasteiger partial charge in [0.1, 0.15) is 0 Å². The van der Waals surface area contributed by atoms with Crippen molar-refractivity contribution in [1.29, 1.82) is 0 Å². The van der Waals surface area contributed by atoms with Crippen molar-refractivity contribution in [3.63, 3.8) is 0 Å². The standard InChI is InChI=1S/C13H17N3O/c1-9-4-10(2)6-11(5-9)7-12-15-13(8-14-3)17-16-12/h4-6,14H,7-8H2,1-3H3. The highest BCUT2D eigenvalue weighted by Gasteiger charge is 2.06. The van der Waals surface area contributed by atoms with Gasteiger partial charge in [0.2, 0.25) is 5.89 Å². The molecule has 1 aromatic carbocycles. The zero-order valence-corrected chi connectivity index (χ0v) is 10.4. The van der Waals surface area contributed by atoms with Gasteiger partial charge in [0, 0.05) is 6.42 Å². The molecule has 0 aliphatic heterocycles. The number of nitrogens with zero attached hydrogens (tertiary/aromatic N) is 2. The Kier molecular flexibility index (Phi) is 3.54. The lowest BCUT2D eigenvalue weighted by atomic mass is 10.1. The third kappa shape index (κ3) is 3.14. The van der Waals surface area contributed by atoms with Gasteiger partial charge >= 0.3 is 0 Å². The van der Waals surface area contributed by atoms with Gasteiger partial charge in [-0.25, -0.2) is 0 Å². The molecule has 0 fully saturated rings. The van der Waals surface area contributed by atoms with Crippen molar-refractivity contribution in [2.75, 3.05) is 7.05 Å². The van der Waals surface area contributed by atoms with Gasteiger partial charge in [0.15, 0.2) is 5.82 Å². The van der Waals surface area contributed by atoms with Gasteiger partial charge in [-0.1, -0.05) is 34.5 Å². The van der Waals surface area contributed by atoms with E-state index in [0.29, 0.717) is 12.4 Å². The first-order valence-corrected chi connectivity index (χ1v) is 5.70. The van der Waals surface area contributed by atoms with Crippen LogP contribution < -0.4 is 5.32 Å². The van der Waals surface area contributed by atoms with E-state index in [4.69, 9.17) is 4.52 Å². The Morgan fingerprint density at radius 1 is 1.18 bits per heavy atom. The van der Waals surface area contributed by atoms with Crippen LogP contribution in [0.3, 0.4) is 0 Å². The number of aromatic nitrogens is 2. The van der Waals surface area contributed by atoms with Crippen LogP contribution in [0.5, 0.6) is 0 Å². The topological polar surface area (TPSA) is 51.0 Å². The zero-order chi connectivity index (χ0) is 12.3. The minimum atomic E-state index is 0.611. The van der Waals surface area contributed by atoms with Crippen LogP contribution in [0.2, 0.25) is 0 Å². The van der Waals surface area contributed by atoms with E-state index in [9.17, 15) is 0 Å². The van der Waals surface area contributed by atoms with Gasteiger partial charge in [0.05, 0.1) is 6.54 Å². The first-order valence-electron chi connectivity index (χ1n) is 5.70. The molecule has 17 heavy (non-hydrogen) atoms. The molecule has 2 aromatic rings. The predicted octanol–water partition coefficient (Wildman–Crippen LogP) is 2.00. The van der Waals surface area contributed by atoms with Crippen molar-refractivity contribution < 1.29 is 4.52 Å². The summed E-state index contributed by atoms with van der Waals surface area (Å²) in [6, 6.07) is 6.47. The van der Waals surface area contributed by atoms with Crippen LogP contribution in [-0.4, -0.2) is 17.2 Å². The Hall–Kier alpha value is -1.68. The molecule has 0 bridgehead atoms. The third-order valence-corrected chi connectivity index (χ3v) is 2.48. The Morgan fingerprint density at radius 2 is 1.88 bits per heavy atom. The highest BCUT2D eigenvalue weighted by atomic mass is 16.5. The van der Waals surface area contributed by atoms with Gasteiger partial charge in [0.25, 0.3) is 0 Å². The summed E-state index contributed by atoms with van der Waals surface area (Å²) in [4.78, 5) is 4.31. The van der Waals surface area contributed by atoms with Gasteiger partial charge in [-0.15, -0.1) is 0 Å². The second kappa shape index (κ2) is 5.10. The van der Waals surface area contributed by atoms with Crippen molar-refractivity contribution in [2.45, 2.75) is 26.8 Å². The largest absolute Gasteiger partial charge is 0.338 e. The SMILES string of the molecule is CNCc1nc(Cc2cc(C)cc(C)c2)no1. The highest BCUT2D eigenvalue weighted by Crippen LogP contribution is 2.12. The van der Waals surface area contributed by atoms with E-state index in [-0.39, 0.29) is 0 Å². The number of hydrogen-bond donors (Lipinski definition) is 1. The molecule has 0 spiro atoms. The molecular formula is C13H17N3O. The molecule has 0 amide bonds. The maximum atomic E-state index is 5.11. The van der Waals surface area contributed by atoms with Crippen LogP contribution in [0.4, 0.5) is 0 Å². The molecule has 0 atom stereocenters. The third-order valence-electron chi connectivity index (χ3n) is 2.48. The van der Waals surface area contributed by atoms with Crippen LogP contribution in [0.1, 0.15) is 28.4 Å². The number of nitrogens with one attached hydrogen (secondary N) is 1. The molecule has 0 saturated carbocycles. The Labute approximate surface area is 101 Å². The maximum absolute atomic E-state index is 5.11. The van der Waals surface area contributed by atoms with Gasteiger partial charge in [-0.2, -0.15) is 4.98 Å². The average Bonchev–Trinajstić information content (AvgIpc) is 2.64. The van der Waals surface area contributed by atoms with Gasteiger partial charge < -0.3 is 9.84 Å². The highest BCUT2D eigenvalue weighted by molar-refractivity contribution is 5.30. The fourth-order valence-corrected chi connectivity index (χ4v) is 1.94. The fraction of sp³-hybridized carbons (Fsp3) is 0.385. The molecule has 0 radical (unpaired) electrons. The van der Waals surface area contributed by atoms with Gasteiger partial charge in [-0.05, 0) is 26.5 Å². The van der Waals surface area contributed by atoms with Crippen molar-refractivity contribution >= 4 is 0 Å². The van der Waals surface area contributed by atoms with E-state index in [1.54, 1.807) is 0 Å². The Bertz CT molecular complexity index is 485. The van der Waals surface area contributed by atoms with Crippen molar-refractivity contribution in [3.05, 3.63) is 46.6 Å². The van der Waals surface area contributed by atoms with Crippen LogP contribution in [-0.2, 0) is 13.0 Å². The smallest absolute Gasteiger partial charge is 0.240 e. The van der Waals surface area contributed by atoms with Crippen molar-refractivity contribution in [3.8, 4) is 0 Å². The van der Waals surface area contributed by atoms with Crippen molar-refractivity contribution in [1.82, 2.24) is 15.5 Å². The summed E-state index contributed by atoms with van der Waals surface area (Å²) in [6.45, 7) is 4.80. The maximum Gasteiger partial charge on any atom is 0.240 e. The average molecular weight is 231 g/mol. The Balaban J connectivity index is 2.13. The molecule has 2 rings (SSSR count). The summed E-state index contributed by atoms with van der Waals surface area (Å²) in [5.41, 5.74) is 3.75. The van der Waals surface area contributed by atoms with E-state index < -0.39 is 0 Å². The summed E-state index contributed by atoms with van der Waals surface area (Å²) in [6.07, 6.45) is 0.718. The second-order valence-corrected chi connectivity index (χ2v) is 4.31. The predicted molar refractivity (Wildman–Crippen MR) is 65.8 cm³/mol. The molecule has 1 heterocycles. The Morgan fingerprint density at radius 3 is 2.53 bits per heavy atom. The molecule has 0 saturated heterocycles. The van der Waals surface area contributed by atoms with Gasteiger partial charge in [-0.3, -0.25) is 0 Å². The first kappa shape index (κ1) is 11.8. The molecule has 0 unspecified atom stereocenters. The fourth-order valence-electron chi connectivity index (χ4n) is 1.94. The minimum Gasteiger partial charge on any atom is -0.338 e. The number of rotatable bonds is 4. The van der Waals surface area contributed by atoms with Crippen LogP contribution in [0, 0.1) is 13.8 Å². The molecule has 90 valence electrons. The normalized spacial score (nSPS) is 10.8. The quantitative estimate of drug-likeness (QED) is 0.874. The lowest BCUT2D eigenvalue weighted by Crippen LogP contribution is -2.05. The number of aryl methyl sites for hydroxylation is 2. The first-order chi connectivity index (χ1) is 8.17. The lowest BCUT2D eigenvalue weighted by molar-refractivity contribution is 0.367. The number of benzene rings is 1. The summed E-state index contributed by atoms with van der Waals surface area (Å²) >= 11 is 0. The molecule has 0 aliphatic carbocycles. The lowest BCUT2D eigenvalue weighted by Gasteiger charge is -2.01. The molecule has 0 aliphatic rings. The minimum absolute atomic E-state index is 0.611. The summed E-state index contributed by atoms with van der Waals surface area (Å²) in [7, 11) is 1.85. The summed E-state index contributed by atoms with van der Waals surface area (Å²) in [5, 5.41) is 6.95. The molecular weight excluding hydrogens is 214 g/mol. The number of hydrogen-bond acceptors (Lipinski definition) is 4. The van der Waals surface area contributed by atoms with Crippen molar-refractivity contribution in [2.24, 2.45) is 0 Å². The molecule has 4 nitrogen and oxygen atoms in total. The van der Waals surface area contributed by atoms with E-state index in [0.717, 1.165) is 12.2 Å². The van der Waals surface area contributed by atoms with E-state index >= 15 is 0 Å². The molecule has 4 heteroatoms. The van der Waals surface area contributed by atoms with E-state index in [1.165, 1.54) is 16.7 Å². The molecule has 1 aromatic heterocycles. The van der Waals surface area contributed by atoms with Crippen LogP contribution in [0.25, 0.3) is 0 Å². The van der Waals surface area contributed by atoms with E-state index in [2.05, 4.69) is 47.5 Å². The zero-order valence-electron chi connectivity index (χ0n) is 10.4. The molecule has 1 N–H and O–H groups in total. The summed E-state index contributed by atoms with van der Waals surface area (Å²) in [5.74, 6) is 1.37. The van der Waals surface area contributed by atoms with E-state index in [1.807, 2.05) is 7.05 Å². The summed E-state index contributed by atoms with van der Waals surface area (Å²) < 4.78 is 5.11. The monoisotopic (exact) mass is 231 g/mol. The second-order valence-electron chi connectivity index (χ2n) is 4.31.